The maximum atomic E-state index is 11.7. The molecule has 2 heterocycles. The van der Waals surface area contributed by atoms with E-state index in [4.69, 9.17) is 4.74 Å². The van der Waals surface area contributed by atoms with Gasteiger partial charge >= 0.3 is 5.97 Å². The Morgan fingerprint density at radius 1 is 1.47 bits per heavy atom. The number of pyridine rings is 1. The highest BCUT2D eigenvalue weighted by Crippen LogP contribution is 2.47. The number of aryl methyl sites for hydroxylation is 1. The van der Waals surface area contributed by atoms with Crippen molar-refractivity contribution in [2.24, 2.45) is 0 Å². The van der Waals surface area contributed by atoms with Gasteiger partial charge in [-0.3, -0.25) is 4.79 Å². The average Bonchev–Trinajstić information content (AvgIpc) is 3.03. The van der Waals surface area contributed by atoms with Crippen LogP contribution in [0.2, 0.25) is 0 Å². The van der Waals surface area contributed by atoms with E-state index in [1.54, 1.807) is 4.52 Å². The number of hydrogen-bond donors (Lipinski definition) is 0. The highest BCUT2D eigenvalue weighted by Gasteiger charge is 2.56. The van der Waals surface area contributed by atoms with Crippen LogP contribution in [0.4, 0.5) is 0 Å². The molecule has 0 bridgehead atoms. The van der Waals surface area contributed by atoms with Crippen molar-refractivity contribution < 1.29 is 9.53 Å². The Morgan fingerprint density at radius 2 is 2.24 bits per heavy atom. The topological polar surface area (TPSA) is 56.5 Å². The number of esters is 1. The lowest BCUT2D eigenvalue weighted by Crippen LogP contribution is -2.23. The van der Waals surface area contributed by atoms with Crippen molar-refractivity contribution in [2.45, 2.75) is 25.2 Å². The molecule has 0 spiro atoms. The summed E-state index contributed by atoms with van der Waals surface area (Å²) in [5.74, 6) is 0.347. The van der Waals surface area contributed by atoms with E-state index in [1.165, 1.54) is 7.11 Å². The first-order valence-corrected chi connectivity index (χ1v) is 5.58. The summed E-state index contributed by atoms with van der Waals surface area (Å²) in [5, 5.41) is 4.38. The zero-order valence-electron chi connectivity index (χ0n) is 9.80. The lowest BCUT2D eigenvalue weighted by molar-refractivity contribution is -0.143. The number of nitrogens with zero attached hydrogens (tertiary/aromatic N) is 3. The minimum Gasteiger partial charge on any atom is -0.468 e. The van der Waals surface area contributed by atoms with Gasteiger partial charge in [0.2, 0.25) is 0 Å². The largest absolute Gasteiger partial charge is 0.468 e. The molecule has 1 aliphatic carbocycles. The normalized spacial score (nSPS) is 17.1. The third kappa shape index (κ3) is 1.42. The Bertz CT molecular complexity index is 599. The smallest absolute Gasteiger partial charge is 0.319 e. The van der Waals surface area contributed by atoms with Crippen LogP contribution in [0.1, 0.15) is 24.2 Å². The number of aromatic nitrogens is 3. The Hall–Kier alpha value is -1.91. The van der Waals surface area contributed by atoms with Gasteiger partial charge in [-0.15, -0.1) is 0 Å². The van der Waals surface area contributed by atoms with Gasteiger partial charge < -0.3 is 4.74 Å². The molecular weight excluding hydrogens is 218 g/mol. The molecule has 0 aliphatic heterocycles. The molecule has 0 saturated heterocycles. The van der Waals surface area contributed by atoms with Gasteiger partial charge in [0.1, 0.15) is 5.41 Å². The summed E-state index contributed by atoms with van der Waals surface area (Å²) in [5.41, 5.74) is 1.28. The molecule has 2 aromatic rings. The fraction of sp³-hybridized carbons (Fsp3) is 0.417. The zero-order chi connectivity index (χ0) is 12.0. The summed E-state index contributed by atoms with van der Waals surface area (Å²) in [6, 6.07) is 3.88. The van der Waals surface area contributed by atoms with Crippen molar-refractivity contribution >= 4 is 11.6 Å². The van der Waals surface area contributed by atoms with E-state index < -0.39 is 5.41 Å². The van der Waals surface area contributed by atoms with Crippen LogP contribution in [0.15, 0.2) is 18.3 Å². The van der Waals surface area contributed by atoms with Gasteiger partial charge in [0.25, 0.3) is 0 Å². The highest BCUT2D eigenvalue weighted by molar-refractivity contribution is 5.85. The van der Waals surface area contributed by atoms with Crippen molar-refractivity contribution in [3.05, 3.63) is 29.7 Å². The molecule has 5 heteroatoms. The molecule has 0 amide bonds. The Labute approximate surface area is 98.4 Å². The van der Waals surface area contributed by atoms with E-state index in [2.05, 4.69) is 10.1 Å². The van der Waals surface area contributed by atoms with Gasteiger partial charge in [0.15, 0.2) is 11.5 Å². The Balaban J connectivity index is 2.10. The number of methoxy groups -OCH3 is 1. The van der Waals surface area contributed by atoms with Crippen molar-refractivity contribution in [1.82, 2.24) is 14.6 Å². The minimum atomic E-state index is -0.589. The monoisotopic (exact) mass is 231 g/mol. The van der Waals surface area contributed by atoms with Crippen LogP contribution >= 0.6 is 0 Å². The summed E-state index contributed by atoms with van der Waals surface area (Å²) in [7, 11) is 1.41. The van der Waals surface area contributed by atoms with E-state index in [0.29, 0.717) is 5.82 Å². The van der Waals surface area contributed by atoms with E-state index in [9.17, 15) is 4.79 Å². The van der Waals surface area contributed by atoms with Crippen molar-refractivity contribution in [1.29, 1.82) is 0 Å². The summed E-state index contributed by atoms with van der Waals surface area (Å²) in [6.45, 7) is 1.99. The summed E-state index contributed by atoms with van der Waals surface area (Å²) in [4.78, 5) is 16.1. The standard InChI is InChI=1S/C12H13N3O2/c1-8-3-4-9-13-10(14-15(9)7-8)12(5-6-12)11(16)17-2/h3-4,7H,5-6H2,1-2H3. The van der Waals surface area contributed by atoms with Crippen LogP contribution < -0.4 is 0 Å². The molecule has 17 heavy (non-hydrogen) atoms. The average molecular weight is 231 g/mol. The zero-order valence-corrected chi connectivity index (χ0v) is 9.80. The molecule has 0 radical (unpaired) electrons. The second kappa shape index (κ2) is 3.29. The molecule has 0 N–H and O–H groups in total. The molecule has 1 saturated carbocycles. The number of fused-ring (bicyclic) bond motifs is 1. The molecule has 0 atom stereocenters. The van der Waals surface area contributed by atoms with Crippen LogP contribution in [-0.4, -0.2) is 27.7 Å². The number of rotatable bonds is 2. The summed E-state index contributed by atoms with van der Waals surface area (Å²) >= 11 is 0. The molecule has 0 aromatic carbocycles. The quantitative estimate of drug-likeness (QED) is 0.730. The van der Waals surface area contributed by atoms with Gasteiger partial charge in [0, 0.05) is 6.20 Å². The second-order valence-electron chi connectivity index (χ2n) is 4.52. The minimum absolute atomic E-state index is 0.231. The van der Waals surface area contributed by atoms with E-state index in [-0.39, 0.29) is 5.97 Å². The number of hydrogen-bond acceptors (Lipinski definition) is 4. The van der Waals surface area contributed by atoms with Crippen LogP contribution in [0.25, 0.3) is 5.65 Å². The highest BCUT2D eigenvalue weighted by atomic mass is 16.5. The van der Waals surface area contributed by atoms with E-state index in [0.717, 1.165) is 24.1 Å². The molecule has 88 valence electrons. The molecule has 1 aliphatic rings. The molecule has 2 aromatic heterocycles. The molecule has 5 nitrogen and oxygen atoms in total. The van der Waals surface area contributed by atoms with Gasteiger partial charge in [0.05, 0.1) is 7.11 Å². The van der Waals surface area contributed by atoms with E-state index in [1.807, 2.05) is 25.3 Å². The number of ether oxygens (including phenoxy) is 1. The Morgan fingerprint density at radius 3 is 2.88 bits per heavy atom. The first kappa shape index (κ1) is 10.3. The van der Waals surface area contributed by atoms with Crippen molar-refractivity contribution in [3.8, 4) is 0 Å². The van der Waals surface area contributed by atoms with Crippen LogP contribution in [0.3, 0.4) is 0 Å². The predicted octanol–water partition coefficient (Wildman–Crippen LogP) is 1.24. The van der Waals surface area contributed by atoms with E-state index >= 15 is 0 Å². The van der Waals surface area contributed by atoms with Crippen LogP contribution in [0, 0.1) is 6.92 Å². The lowest BCUT2D eigenvalue weighted by atomic mass is 10.1. The Kier molecular flexibility index (Phi) is 1.98. The fourth-order valence-electron chi connectivity index (χ4n) is 2.03. The van der Waals surface area contributed by atoms with Crippen LogP contribution in [0.5, 0.6) is 0 Å². The summed E-state index contributed by atoms with van der Waals surface area (Å²) < 4.78 is 6.54. The number of carbonyl (C=O) groups excluding carboxylic acids is 1. The van der Waals surface area contributed by atoms with Crippen molar-refractivity contribution in [2.75, 3.05) is 7.11 Å². The number of carbonyl (C=O) groups is 1. The van der Waals surface area contributed by atoms with Gasteiger partial charge in [-0.2, -0.15) is 5.10 Å². The molecule has 1 fully saturated rings. The molecule has 0 unspecified atom stereocenters. The second-order valence-corrected chi connectivity index (χ2v) is 4.52. The predicted molar refractivity (Wildman–Crippen MR) is 60.7 cm³/mol. The lowest BCUT2D eigenvalue weighted by Gasteiger charge is -2.06. The maximum Gasteiger partial charge on any atom is 0.319 e. The van der Waals surface area contributed by atoms with Crippen LogP contribution in [-0.2, 0) is 14.9 Å². The van der Waals surface area contributed by atoms with Crippen molar-refractivity contribution in [3.63, 3.8) is 0 Å². The van der Waals surface area contributed by atoms with Gasteiger partial charge in [-0.1, -0.05) is 6.07 Å². The first-order chi connectivity index (χ1) is 8.15. The fourth-order valence-corrected chi connectivity index (χ4v) is 2.03. The summed E-state index contributed by atoms with van der Waals surface area (Å²) in [6.07, 6.45) is 3.45. The third-order valence-corrected chi connectivity index (χ3v) is 3.23. The SMILES string of the molecule is COC(=O)C1(c2nc3ccc(C)cn3n2)CC1. The molecular formula is C12H13N3O2. The van der Waals surface area contributed by atoms with Gasteiger partial charge in [-0.05, 0) is 31.4 Å². The maximum absolute atomic E-state index is 11.7. The van der Waals surface area contributed by atoms with Gasteiger partial charge in [-0.25, -0.2) is 9.50 Å². The third-order valence-electron chi connectivity index (χ3n) is 3.23. The molecule has 3 rings (SSSR count). The first-order valence-electron chi connectivity index (χ1n) is 5.58.